The van der Waals surface area contributed by atoms with E-state index < -0.39 is 5.97 Å². The Bertz CT molecular complexity index is 1400. The van der Waals surface area contributed by atoms with E-state index in [0.717, 1.165) is 0 Å². The second-order valence-electron chi connectivity index (χ2n) is 7.70. The van der Waals surface area contributed by atoms with Crippen LogP contribution in [0.4, 0.5) is 11.5 Å². The standard InChI is InChI=1S/C22H25N9O5/c1-4-35-22(34)20-25-18(13-30(20)3)24-19(32)9-10-23-21(33)17-11-14(12-29(17)2)27-36-31-16-8-6-5-7-15(16)26-28-31/h5-8,11-13,27H,4,9-10H2,1-3H3,(H,23,33)(H,24,32). The van der Waals surface area contributed by atoms with Gasteiger partial charge in [-0.3, -0.25) is 14.5 Å². The van der Waals surface area contributed by atoms with Gasteiger partial charge in [0, 0.05) is 39.5 Å². The number of ether oxygens (including phenoxy) is 1. The van der Waals surface area contributed by atoms with Crippen molar-refractivity contribution in [3.05, 3.63) is 54.2 Å². The fourth-order valence-electron chi connectivity index (χ4n) is 3.35. The summed E-state index contributed by atoms with van der Waals surface area (Å²) in [5.41, 5.74) is 4.97. The Balaban J connectivity index is 1.26. The zero-order valence-electron chi connectivity index (χ0n) is 19.9. The first kappa shape index (κ1) is 24.3. The molecule has 0 aliphatic heterocycles. The van der Waals surface area contributed by atoms with Crippen molar-refractivity contribution in [2.45, 2.75) is 13.3 Å². The molecule has 14 nitrogen and oxygen atoms in total. The second kappa shape index (κ2) is 10.6. The maximum absolute atomic E-state index is 12.6. The summed E-state index contributed by atoms with van der Waals surface area (Å²) in [6.07, 6.45) is 3.18. The Morgan fingerprint density at radius 1 is 1.08 bits per heavy atom. The van der Waals surface area contributed by atoms with Crippen LogP contribution in [0.2, 0.25) is 0 Å². The molecule has 0 aliphatic rings. The fraction of sp³-hybridized carbons (Fsp3) is 0.273. The van der Waals surface area contributed by atoms with Crippen molar-refractivity contribution in [2.24, 2.45) is 14.1 Å². The highest BCUT2D eigenvalue weighted by Crippen LogP contribution is 2.14. The van der Waals surface area contributed by atoms with Crippen molar-refractivity contribution in [3.63, 3.8) is 0 Å². The number of esters is 1. The van der Waals surface area contributed by atoms with Crippen LogP contribution in [0.3, 0.4) is 0 Å². The van der Waals surface area contributed by atoms with E-state index in [2.05, 4.69) is 31.4 Å². The monoisotopic (exact) mass is 495 g/mol. The lowest BCUT2D eigenvalue weighted by Gasteiger charge is -2.06. The SMILES string of the molecule is CCOC(=O)c1nc(NC(=O)CCNC(=O)c2cc(NOn3nnc4ccccc43)cn2C)cn1C. The van der Waals surface area contributed by atoms with Crippen molar-refractivity contribution in [2.75, 3.05) is 23.9 Å². The summed E-state index contributed by atoms with van der Waals surface area (Å²) < 4.78 is 8.00. The van der Waals surface area contributed by atoms with E-state index in [-0.39, 0.29) is 43.0 Å². The van der Waals surface area contributed by atoms with Gasteiger partial charge < -0.3 is 24.5 Å². The number of carbonyl (C=O) groups excluding carboxylic acids is 3. The number of rotatable bonds is 10. The number of aromatic nitrogens is 6. The Hall–Kier alpha value is -4.88. The molecule has 3 heterocycles. The van der Waals surface area contributed by atoms with Crippen molar-refractivity contribution in [1.82, 2.24) is 34.6 Å². The summed E-state index contributed by atoms with van der Waals surface area (Å²) in [4.78, 5) is 47.4. The summed E-state index contributed by atoms with van der Waals surface area (Å²) in [5, 5.41) is 13.2. The van der Waals surface area contributed by atoms with Gasteiger partial charge in [-0.05, 0) is 35.2 Å². The maximum Gasteiger partial charge on any atom is 0.374 e. The molecule has 0 saturated carbocycles. The van der Waals surface area contributed by atoms with Crippen molar-refractivity contribution >= 4 is 40.3 Å². The van der Waals surface area contributed by atoms with Gasteiger partial charge in [0.1, 0.15) is 16.7 Å². The molecule has 0 aliphatic carbocycles. The first-order valence-electron chi connectivity index (χ1n) is 11.0. The van der Waals surface area contributed by atoms with E-state index in [1.807, 2.05) is 24.3 Å². The largest absolute Gasteiger partial charge is 0.460 e. The zero-order chi connectivity index (χ0) is 25.7. The Morgan fingerprint density at radius 2 is 1.89 bits per heavy atom. The molecule has 36 heavy (non-hydrogen) atoms. The number of imidazole rings is 1. The number of aryl methyl sites for hydroxylation is 2. The van der Waals surface area contributed by atoms with E-state index in [9.17, 15) is 14.4 Å². The minimum atomic E-state index is -0.579. The highest BCUT2D eigenvalue weighted by Gasteiger charge is 2.17. The number of carbonyl (C=O) groups is 3. The van der Waals surface area contributed by atoms with Gasteiger partial charge in [0.25, 0.3) is 5.91 Å². The molecule has 14 heteroatoms. The minimum absolute atomic E-state index is 0.00900. The van der Waals surface area contributed by atoms with Crippen LogP contribution in [0.1, 0.15) is 34.5 Å². The molecular weight excluding hydrogens is 470 g/mol. The second-order valence-corrected chi connectivity index (χ2v) is 7.70. The van der Waals surface area contributed by atoms with Gasteiger partial charge in [0.2, 0.25) is 11.7 Å². The lowest BCUT2D eigenvalue weighted by molar-refractivity contribution is -0.116. The third-order valence-electron chi connectivity index (χ3n) is 5.05. The number of nitrogens with zero attached hydrogens (tertiary/aromatic N) is 6. The van der Waals surface area contributed by atoms with Crippen LogP contribution in [0.15, 0.2) is 42.7 Å². The molecule has 1 aromatic carbocycles. The molecule has 0 fully saturated rings. The Kier molecular flexibility index (Phi) is 7.13. The lowest BCUT2D eigenvalue weighted by atomic mass is 10.3. The number of nitrogens with one attached hydrogen (secondary N) is 3. The topological polar surface area (TPSA) is 159 Å². The van der Waals surface area contributed by atoms with E-state index in [1.54, 1.807) is 37.8 Å². The third-order valence-corrected chi connectivity index (χ3v) is 5.05. The van der Waals surface area contributed by atoms with Crippen LogP contribution in [-0.2, 0) is 23.6 Å². The number of anilines is 2. The molecule has 3 aromatic heterocycles. The summed E-state index contributed by atoms with van der Waals surface area (Å²) in [5.74, 6) is -1.02. The smallest absolute Gasteiger partial charge is 0.374 e. The molecular formula is C22H25N9O5. The molecule has 0 saturated heterocycles. The Morgan fingerprint density at radius 3 is 2.69 bits per heavy atom. The van der Waals surface area contributed by atoms with Gasteiger partial charge in [-0.2, -0.15) is 5.48 Å². The van der Waals surface area contributed by atoms with E-state index in [1.165, 1.54) is 15.6 Å². The van der Waals surface area contributed by atoms with Gasteiger partial charge in [-0.1, -0.05) is 12.1 Å². The molecule has 188 valence electrons. The fourth-order valence-corrected chi connectivity index (χ4v) is 3.35. The molecule has 4 aromatic rings. The number of hydrogen-bond donors (Lipinski definition) is 3. The van der Waals surface area contributed by atoms with Gasteiger partial charge >= 0.3 is 5.97 Å². The van der Waals surface area contributed by atoms with Crippen molar-refractivity contribution in [3.8, 4) is 0 Å². The van der Waals surface area contributed by atoms with E-state index in [4.69, 9.17) is 9.68 Å². The number of fused-ring (bicyclic) bond motifs is 1. The summed E-state index contributed by atoms with van der Waals surface area (Å²) >= 11 is 0. The van der Waals surface area contributed by atoms with Gasteiger partial charge in [0.15, 0.2) is 5.82 Å². The van der Waals surface area contributed by atoms with Crippen LogP contribution >= 0.6 is 0 Å². The average Bonchev–Trinajstić information content (AvgIpc) is 3.54. The normalized spacial score (nSPS) is 10.8. The Labute approximate surface area is 205 Å². The molecule has 0 atom stereocenters. The van der Waals surface area contributed by atoms with Crippen LogP contribution < -0.4 is 21.1 Å². The molecule has 2 amide bonds. The van der Waals surface area contributed by atoms with E-state index >= 15 is 0 Å². The van der Waals surface area contributed by atoms with Crippen molar-refractivity contribution in [1.29, 1.82) is 0 Å². The van der Waals surface area contributed by atoms with Crippen molar-refractivity contribution < 1.29 is 24.1 Å². The summed E-state index contributed by atoms with van der Waals surface area (Å²) in [6, 6.07) is 8.91. The molecule has 3 N–H and O–H groups in total. The number of para-hydroxylation sites is 1. The highest BCUT2D eigenvalue weighted by atomic mass is 16.8. The predicted octanol–water partition coefficient (Wildman–Crippen LogP) is 0.894. The number of amides is 2. The minimum Gasteiger partial charge on any atom is -0.460 e. The molecule has 4 rings (SSSR count). The summed E-state index contributed by atoms with van der Waals surface area (Å²) in [6.45, 7) is 2.01. The summed E-state index contributed by atoms with van der Waals surface area (Å²) in [7, 11) is 3.33. The predicted molar refractivity (Wildman–Crippen MR) is 128 cm³/mol. The van der Waals surface area contributed by atoms with Crippen LogP contribution in [0.25, 0.3) is 11.0 Å². The zero-order valence-corrected chi connectivity index (χ0v) is 19.9. The number of hydrogen-bond acceptors (Lipinski definition) is 9. The van der Waals surface area contributed by atoms with E-state index in [0.29, 0.717) is 22.4 Å². The van der Waals surface area contributed by atoms with Crippen LogP contribution in [0.5, 0.6) is 0 Å². The highest BCUT2D eigenvalue weighted by molar-refractivity contribution is 5.95. The van der Waals surface area contributed by atoms with Crippen LogP contribution in [0, 0.1) is 0 Å². The molecule has 0 bridgehead atoms. The molecule has 0 unspecified atom stereocenters. The van der Waals surface area contributed by atoms with Gasteiger partial charge in [0.05, 0.1) is 12.3 Å². The van der Waals surface area contributed by atoms with Gasteiger partial charge in [-0.15, -0.1) is 5.10 Å². The average molecular weight is 496 g/mol. The third kappa shape index (κ3) is 5.43. The molecule has 0 spiro atoms. The lowest BCUT2D eigenvalue weighted by Crippen LogP contribution is -2.29. The first-order chi connectivity index (χ1) is 17.4. The van der Waals surface area contributed by atoms with Gasteiger partial charge in [-0.25, -0.2) is 9.78 Å². The molecule has 0 radical (unpaired) electrons. The maximum atomic E-state index is 12.6. The van der Waals surface area contributed by atoms with Crippen LogP contribution in [-0.4, -0.2) is 60.2 Å². The number of benzene rings is 1. The quantitative estimate of drug-likeness (QED) is 0.214. The first-order valence-corrected chi connectivity index (χ1v) is 11.0.